The minimum absolute atomic E-state index is 0.0758. The van der Waals surface area contributed by atoms with Gasteiger partial charge in [-0.05, 0) is 30.7 Å². The third-order valence-electron chi connectivity index (χ3n) is 6.51. The van der Waals surface area contributed by atoms with Crippen LogP contribution in [-0.4, -0.2) is 101 Å². The summed E-state index contributed by atoms with van der Waals surface area (Å²) in [5.41, 5.74) is 0. The molecule has 4 heterocycles. The third-order valence-corrected chi connectivity index (χ3v) is 7.37. The van der Waals surface area contributed by atoms with Gasteiger partial charge in [0, 0.05) is 45.8 Å². The Morgan fingerprint density at radius 2 is 1.71 bits per heavy atom. The summed E-state index contributed by atoms with van der Waals surface area (Å²) in [4.78, 5) is 34.9. The first kappa shape index (κ1) is 24.8. The number of likely N-dealkylation sites (tertiary alicyclic amines) is 1. The van der Waals surface area contributed by atoms with E-state index in [1.165, 1.54) is 12.8 Å². The molecular formula is C24H36N6O3S. The fourth-order valence-electron chi connectivity index (χ4n) is 4.55. The number of carbonyl (C=O) groups excluding carboxylic acids is 2. The van der Waals surface area contributed by atoms with Crippen molar-refractivity contribution in [3.63, 3.8) is 0 Å². The van der Waals surface area contributed by atoms with Crippen LogP contribution in [0.2, 0.25) is 0 Å². The van der Waals surface area contributed by atoms with E-state index in [1.54, 1.807) is 16.2 Å². The summed E-state index contributed by atoms with van der Waals surface area (Å²) in [6.45, 7) is 8.92. The summed E-state index contributed by atoms with van der Waals surface area (Å²) in [5, 5.41) is 10.2. The normalized spacial score (nSPS) is 18.1. The monoisotopic (exact) mass is 488 g/mol. The van der Waals surface area contributed by atoms with E-state index in [-0.39, 0.29) is 11.8 Å². The van der Waals surface area contributed by atoms with Crippen LogP contribution in [0, 0.1) is 0 Å². The van der Waals surface area contributed by atoms with Crippen LogP contribution in [0.25, 0.3) is 10.8 Å². The minimum atomic E-state index is 0.0758. The number of amides is 2. The lowest BCUT2D eigenvalue weighted by molar-refractivity contribution is -0.135. The lowest BCUT2D eigenvalue weighted by Crippen LogP contribution is -2.52. The summed E-state index contributed by atoms with van der Waals surface area (Å²) in [5.74, 6) is 1.29. The average molecular weight is 489 g/mol. The zero-order valence-electron chi connectivity index (χ0n) is 20.2. The summed E-state index contributed by atoms with van der Waals surface area (Å²) < 4.78 is 5.79. The molecule has 2 fully saturated rings. The van der Waals surface area contributed by atoms with Crippen molar-refractivity contribution in [2.45, 2.75) is 45.6 Å². The Hall–Kier alpha value is -2.30. The minimum Gasteiger partial charge on any atom is -0.418 e. The molecule has 2 aromatic rings. The van der Waals surface area contributed by atoms with E-state index < -0.39 is 0 Å². The van der Waals surface area contributed by atoms with Gasteiger partial charge >= 0.3 is 0 Å². The van der Waals surface area contributed by atoms with Crippen LogP contribution in [0.3, 0.4) is 0 Å². The van der Waals surface area contributed by atoms with Crippen molar-refractivity contribution < 1.29 is 14.0 Å². The Bertz CT molecular complexity index is 902. The van der Waals surface area contributed by atoms with Gasteiger partial charge in [0.2, 0.25) is 17.7 Å². The van der Waals surface area contributed by atoms with Crippen LogP contribution < -0.4 is 0 Å². The number of nitrogens with zero attached hydrogens (tertiary/aromatic N) is 6. The standard InChI is InChI=1S/C24H36N6O3S/c1-2-9-30(17-21-25-26-24(33-21)20-8-7-16-34-20)23(32)19-28-14-12-27(13-15-28)18-22(31)29-10-5-3-4-6-11-29/h7-8,16H,2-6,9-15,17-19H2,1H3. The largest absolute Gasteiger partial charge is 0.418 e. The number of hydrogen-bond acceptors (Lipinski definition) is 8. The quantitative estimate of drug-likeness (QED) is 0.536. The summed E-state index contributed by atoms with van der Waals surface area (Å²) in [7, 11) is 0. The highest BCUT2D eigenvalue weighted by atomic mass is 32.1. The maximum Gasteiger partial charge on any atom is 0.257 e. The van der Waals surface area contributed by atoms with Crippen molar-refractivity contribution in [2.24, 2.45) is 0 Å². The first-order valence-electron chi connectivity index (χ1n) is 12.5. The number of thiophene rings is 1. The molecule has 0 unspecified atom stereocenters. The van der Waals surface area contributed by atoms with Gasteiger partial charge < -0.3 is 14.2 Å². The van der Waals surface area contributed by atoms with E-state index in [1.807, 2.05) is 22.4 Å². The Morgan fingerprint density at radius 3 is 2.35 bits per heavy atom. The van der Waals surface area contributed by atoms with Crippen LogP contribution in [0.4, 0.5) is 0 Å². The average Bonchev–Trinajstić information content (AvgIpc) is 3.46. The number of hydrogen-bond donors (Lipinski definition) is 0. The maximum absolute atomic E-state index is 13.1. The molecule has 0 N–H and O–H groups in total. The molecule has 2 aliphatic rings. The highest BCUT2D eigenvalue weighted by molar-refractivity contribution is 7.13. The van der Waals surface area contributed by atoms with Crippen molar-refractivity contribution in [1.82, 2.24) is 29.8 Å². The van der Waals surface area contributed by atoms with E-state index in [0.29, 0.717) is 38.0 Å². The molecule has 9 nitrogen and oxygen atoms in total. The van der Waals surface area contributed by atoms with Gasteiger partial charge in [0.25, 0.3) is 5.89 Å². The fraction of sp³-hybridized carbons (Fsp3) is 0.667. The molecule has 2 aliphatic heterocycles. The molecule has 4 rings (SSSR count). The molecule has 34 heavy (non-hydrogen) atoms. The predicted molar refractivity (Wildman–Crippen MR) is 131 cm³/mol. The van der Waals surface area contributed by atoms with Gasteiger partial charge in [-0.1, -0.05) is 25.8 Å². The molecule has 0 bridgehead atoms. The van der Waals surface area contributed by atoms with Crippen LogP contribution in [0.15, 0.2) is 21.9 Å². The second-order valence-electron chi connectivity index (χ2n) is 9.14. The number of aromatic nitrogens is 2. The molecule has 0 spiro atoms. The first-order chi connectivity index (χ1) is 16.6. The highest BCUT2D eigenvalue weighted by Crippen LogP contribution is 2.23. The van der Waals surface area contributed by atoms with E-state index in [0.717, 1.165) is 63.4 Å². The van der Waals surface area contributed by atoms with E-state index in [2.05, 4.69) is 26.9 Å². The van der Waals surface area contributed by atoms with Gasteiger partial charge in [-0.2, -0.15) is 0 Å². The van der Waals surface area contributed by atoms with Crippen molar-refractivity contribution in [1.29, 1.82) is 0 Å². The van der Waals surface area contributed by atoms with Crippen molar-refractivity contribution in [2.75, 3.05) is 58.9 Å². The predicted octanol–water partition coefficient (Wildman–Crippen LogP) is 2.56. The van der Waals surface area contributed by atoms with Gasteiger partial charge in [0.1, 0.15) is 0 Å². The van der Waals surface area contributed by atoms with E-state index in [9.17, 15) is 9.59 Å². The van der Waals surface area contributed by atoms with Gasteiger partial charge in [-0.3, -0.25) is 19.4 Å². The van der Waals surface area contributed by atoms with Crippen LogP contribution >= 0.6 is 11.3 Å². The van der Waals surface area contributed by atoms with Gasteiger partial charge in [-0.15, -0.1) is 21.5 Å². The topological polar surface area (TPSA) is 86.0 Å². The Balaban J connectivity index is 1.23. The smallest absolute Gasteiger partial charge is 0.257 e. The number of rotatable bonds is 9. The zero-order valence-corrected chi connectivity index (χ0v) is 21.0. The van der Waals surface area contributed by atoms with E-state index >= 15 is 0 Å². The van der Waals surface area contributed by atoms with Crippen molar-refractivity contribution in [3.8, 4) is 10.8 Å². The Labute approximate surface area is 205 Å². The summed E-state index contributed by atoms with van der Waals surface area (Å²) >= 11 is 1.55. The molecule has 186 valence electrons. The van der Waals surface area contributed by atoms with Gasteiger partial charge in [-0.25, -0.2) is 0 Å². The Kier molecular flexibility index (Phi) is 9.06. The molecular weight excluding hydrogens is 452 g/mol. The third kappa shape index (κ3) is 6.86. The molecule has 2 aromatic heterocycles. The lowest BCUT2D eigenvalue weighted by Gasteiger charge is -2.35. The Morgan fingerprint density at radius 1 is 1.00 bits per heavy atom. The second kappa shape index (κ2) is 12.4. The van der Waals surface area contributed by atoms with Crippen molar-refractivity contribution in [3.05, 3.63) is 23.4 Å². The highest BCUT2D eigenvalue weighted by Gasteiger charge is 2.25. The number of piperazine rings is 1. The summed E-state index contributed by atoms with van der Waals surface area (Å²) in [6, 6.07) is 3.89. The maximum atomic E-state index is 13.1. The SMILES string of the molecule is CCCN(Cc1nnc(-c2cccs2)o1)C(=O)CN1CCN(CC(=O)N2CCCCCC2)CC1. The van der Waals surface area contributed by atoms with Crippen LogP contribution in [-0.2, 0) is 16.1 Å². The van der Waals surface area contributed by atoms with Gasteiger partial charge in [0.15, 0.2) is 0 Å². The number of carbonyl (C=O) groups is 2. The zero-order chi connectivity index (χ0) is 23.8. The molecule has 0 radical (unpaired) electrons. The molecule has 0 aliphatic carbocycles. The summed E-state index contributed by atoms with van der Waals surface area (Å²) in [6.07, 6.45) is 5.56. The van der Waals surface area contributed by atoms with Crippen molar-refractivity contribution >= 4 is 23.2 Å². The van der Waals surface area contributed by atoms with Crippen LogP contribution in [0.1, 0.15) is 44.9 Å². The van der Waals surface area contributed by atoms with Gasteiger partial charge in [0.05, 0.1) is 24.5 Å². The fourth-order valence-corrected chi connectivity index (χ4v) is 5.19. The molecule has 10 heteroatoms. The molecule has 0 atom stereocenters. The molecule has 2 saturated heterocycles. The van der Waals surface area contributed by atoms with Crippen LogP contribution in [0.5, 0.6) is 0 Å². The second-order valence-corrected chi connectivity index (χ2v) is 10.1. The van der Waals surface area contributed by atoms with E-state index in [4.69, 9.17) is 4.42 Å². The molecule has 0 aromatic carbocycles. The molecule has 2 amide bonds. The lowest BCUT2D eigenvalue weighted by atomic mass is 10.2. The first-order valence-corrected chi connectivity index (χ1v) is 13.4. The molecule has 0 saturated carbocycles.